The first kappa shape index (κ1) is 16.5. The normalized spacial score (nSPS) is 20.3. The van der Waals surface area contributed by atoms with Crippen molar-refractivity contribution in [3.63, 3.8) is 0 Å². The highest BCUT2D eigenvalue weighted by Crippen LogP contribution is 2.27. The van der Waals surface area contributed by atoms with Crippen molar-refractivity contribution in [1.29, 1.82) is 0 Å². The second-order valence-corrected chi connectivity index (χ2v) is 6.86. The van der Waals surface area contributed by atoms with Gasteiger partial charge in [-0.3, -0.25) is 4.90 Å². The highest BCUT2D eigenvalue weighted by Gasteiger charge is 2.25. The molecule has 2 unspecified atom stereocenters. The van der Waals surface area contributed by atoms with E-state index < -0.39 is 0 Å². The van der Waals surface area contributed by atoms with Crippen LogP contribution >= 0.6 is 0 Å². The molecule has 1 heterocycles. The van der Waals surface area contributed by atoms with Gasteiger partial charge in [-0.1, -0.05) is 57.5 Å². The molecule has 1 aromatic carbocycles. The van der Waals surface area contributed by atoms with Crippen LogP contribution in [0.1, 0.15) is 58.1 Å². The zero-order valence-corrected chi connectivity index (χ0v) is 14.0. The van der Waals surface area contributed by atoms with Gasteiger partial charge in [-0.2, -0.15) is 0 Å². The average Bonchev–Trinajstić information content (AvgIpc) is 2.97. The second-order valence-electron chi connectivity index (χ2n) is 6.86. The number of benzene rings is 1. The molecule has 1 aliphatic heterocycles. The molecule has 1 aliphatic rings. The monoisotopic (exact) mass is 288 g/mol. The van der Waals surface area contributed by atoms with Gasteiger partial charge in [0.1, 0.15) is 0 Å². The summed E-state index contributed by atoms with van der Waals surface area (Å²) in [5, 5.41) is 3.67. The summed E-state index contributed by atoms with van der Waals surface area (Å²) in [7, 11) is 0. The molecule has 0 bridgehead atoms. The predicted octanol–water partition coefficient (Wildman–Crippen LogP) is 4.24. The SMILES string of the molecule is CCCC(c1ccccc1)N(CC(C)C)CC1CCCN1. The topological polar surface area (TPSA) is 15.3 Å². The van der Waals surface area contributed by atoms with Crippen LogP contribution in [0.2, 0.25) is 0 Å². The largest absolute Gasteiger partial charge is 0.313 e. The first-order valence-electron chi connectivity index (χ1n) is 8.73. The number of rotatable bonds is 8. The summed E-state index contributed by atoms with van der Waals surface area (Å²) in [6.07, 6.45) is 5.17. The summed E-state index contributed by atoms with van der Waals surface area (Å²) < 4.78 is 0. The van der Waals surface area contributed by atoms with E-state index in [1.807, 2.05) is 0 Å². The van der Waals surface area contributed by atoms with Crippen LogP contribution in [0.5, 0.6) is 0 Å². The number of hydrogen-bond donors (Lipinski definition) is 1. The summed E-state index contributed by atoms with van der Waals surface area (Å²) in [6.45, 7) is 10.6. The molecule has 2 heteroatoms. The minimum atomic E-state index is 0.570. The average molecular weight is 288 g/mol. The second kappa shape index (κ2) is 8.55. The predicted molar refractivity (Wildman–Crippen MR) is 91.5 cm³/mol. The first-order chi connectivity index (χ1) is 10.2. The molecule has 1 fully saturated rings. The van der Waals surface area contributed by atoms with E-state index in [2.05, 4.69) is 61.3 Å². The quantitative estimate of drug-likeness (QED) is 0.770. The smallest absolute Gasteiger partial charge is 0.0348 e. The summed E-state index contributed by atoms with van der Waals surface area (Å²) in [5.74, 6) is 0.717. The highest BCUT2D eigenvalue weighted by molar-refractivity contribution is 5.19. The molecule has 0 aromatic heterocycles. The van der Waals surface area contributed by atoms with Crippen molar-refractivity contribution in [2.45, 2.75) is 58.5 Å². The van der Waals surface area contributed by atoms with Gasteiger partial charge in [0.15, 0.2) is 0 Å². The molecule has 0 aliphatic carbocycles. The first-order valence-corrected chi connectivity index (χ1v) is 8.73. The lowest BCUT2D eigenvalue weighted by Crippen LogP contribution is -2.41. The molecule has 21 heavy (non-hydrogen) atoms. The Kier molecular flexibility index (Phi) is 6.72. The van der Waals surface area contributed by atoms with E-state index in [9.17, 15) is 0 Å². The Balaban J connectivity index is 2.13. The highest BCUT2D eigenvalue weighted by atomic mass is 15.2. The van der Waals surface area contributed by atoms with Gasteiger partial charge in [0.2, 0.25) is 0 Å². The fourth-order valence-electron chi connectivity index (χ4n) is 3.50. The van der Waals surface area contributed by atoms with E-state index in [4.69, 9.17) is 0 Å². The Morgan fingerprint density at radius 2 is 2.00 bits per heavy atom. The zero-order chi connectivity index (χ0) is 15.1. The van der Waals surface area contributed by atoms with Crippen LogP contribution < -0.4 is 5.32 Å². The van der Waals surface area contributed by atoms with Crippen molar-refractivity contribution >= 4 is 0 Å². The Morgan fingerprint density at radius 3 is 2.57 bits per heavy atom. The van der Waals surface area contributed by atoms with Crippen LogP contribution in [-0.2, 0) is 0 Å². The third-order valence-corrected chi connectivity index (χ3v) is 4.40. The number of nitrogens with one attached hydrogen (secondary N) is 1. The minimum absolute atomic E-state index is 0.570. The molecule has 0 spiro atoms. The molecule has 118 valence electrons. The van der Waals surface area contributed by atoms with Crippen molar-refractivity contribution in [2.75, 3.05) is 19.6 Å². The van der Waals surface area contributed by atoms with E-state index in [-0.39, 0.29) is 0 Å². The van der Waals surface area contributed by atoms with E-state index in [0.717, 1.165) is 5.92 Å². The van der Waals surface area contributed by atoms with Crippen molar-refractivity contribution in [2.24, 2.45) is 5.92 Å². The fourth-order valence-corrected chi connectivity index (χ4v) is 3.50. The zero-order valence-electron chi connectivity index (χ0n) is 14.0. The standard InChI is InChI=1S/C19H32N2/c1-4-9-19(17-10-6-5-7-11-17)21(14-16(2)3)15-18-12-8-13-20-18/h5-7,10-11,16,18-20H,4,8-9,12-15H2,1-3H3. The van der Waals surface area contributed by atoms with Crippen LogP contribution in [0, 0.1) is 5.92 Å². The maximum absolute atomic E-state index is 3.67. The van der Waals surface area contributed by atoms with E-state index in [0.29, 0.717) is 12.1 Å². The summed E-state index contributed by atoms with van der Waals surface area (Å²) in [6, 6.07) is 12.3. The maximum Gasteiger partial charge on any atom is 0.0348 e. The molecule has 2 nitrogen and oxygen atoms in total. The summed E-state index contributed by atoms with van der Waals surface area (Å²) in [5.41, 5.74) is 1.48. The van der Waals surface area contributed by atoms with Gasteiger partial charge in [0.05, 0.1) is 0 Å². The van der Waals surface area contributed by atoms with E-state index in [1.165, 1.54) is 50.9 Å². The fraction of sp³-hybridized carbons (Fsp3) is 0.684. The molecule has 0 amide bonds. The lowest BCUT2D eigenvalue weighted by Gasteiger charge is -2.35. The van der Waals surface area contributed by atoms with Crippen LogP contribution in [0.4, 0.5) is 0 Å². The van der Waals surface area contributed by atoms with Crippen molar-refractivity contribution < 1.29 is 0 Å². The molecular formula is C19H32N2. The van der Waals surface area contributed by atoms with Gasteiger partial charge in [-0.15, -0.1) is 0 Å². The van der Waals surface area contributed by atoms with Crippen molar-refractivity contribution in [3.8, 4) is 0 Å². The third-order valence-electron chi connectivity index (χ3n) is 4.40. The number of hydrogen-bond acceptors (Lipinski definition) is 2. The lowest BCUT2D eigenvalue weighted by atomic mass is 9.98. The number of nitrogens with zero attached hydrogens (tertiary/aromatic N) is 1. The van der Waals surface area contributed by atoms with E-state index >= 15 is 0 Å². The van der Waals surface area contributed by atoms with Gasteiger partial charge >= 0.3 is 0 Å². The molecule has 1 aromatic rings. The molecular weight excluding hydrogens is 256 g/mol. The molecule has 2 atom stereocenters. The molecule has 1 N–H and O–H groups in total. The van der Waals surface area contributed by atoms with Crippen LogP contribution in [0.3, 0.4) is 0 Å². The molecule has 0 radical (unpaired) electrons. The van der Waals surface area contributed by atoms with Gasteiger partial charge < -0.3 is 5.32 Å². The van der Waals surface area contributed by atoms with Crippen molar-refractivity contribution in [1.82, 2.24) is 10.2 Å². The minimum Gasteiger partial charge on any atom is -0.313 e. The van der Waals surface area contributed by atoms with Crippen LogP contribution in [0.25, 0.3) is 0 Å². The molecule has 2 rings (SSSR count). The summed E-state index contributed by atoms with van der Waals surface area (Å²) in [4.78, 5) is 2.73. The summed E-state index contributed by atoms with van der Waals surface area (Å²) >= 11 is 0. The Morgan fingerprint density at radius 1 is 1.24 bits per heavy atom. The molecule has 1 saturated heterocycles. The van der Waals surface area contributed by atoms with Gasteiger partial charge in [-0.05, 0) is 37.3 Å². The van der Waals surface area contributed by atoms with Crippen LogP contribution in [0.15, 0.2) is 30.3 Å². The Bertz CT molecular complexity index is 382. The van der Waals surface area contributed by atoms with Gasteiger partial charge in [0, 0.05) is 25.2 Å². The van der Waals surface area contributed by atoms with Gasteiger partial charge in [-0.25, -0.2) is 0 Å². The Labute approximate surface area is 130 Å². The van der Waals surface area contributed by atoms with Gasteiger partial charge in [0.25, 0.3) is 0 Å². The Hall–Kier alpha value is -0.860. The third kappa shape index (κ3) is 5.12. The van der Waals surface area contributed by atoms with E-state index in [1.54, 1.807) is 0 Å². The molecule has 0 saturated carbocycles. The lowest BCUT2D eigenvalue weighted by molar-refractivity contribution is 0.152. The van der Waals surface area contributed by atoms with Crippen LogP contribution in [-0.4, -0.2) is 30.6 Å². The maximum atomic E-state index is 3.67. The van der Waals surface area contributed by atoms with Crippen molar-refractivity contribution in [3.05, 3.63) is 35.9 Å².